The number of rotatable bonds is 1. The van der Waals surface area contributed by atoms with Crippen LogP contribution in [-0.4, -0.2) is 0 Å². The molecule has 0 aromatic heterocycles. The van der Waals surface area contributed by atoms with Gasteiger partial charge in [0.2, 0.25) is 0 Å². The normalized spacial score (nSPS) is 12.8. The van der Waals surface area contributed by atoms with Crippen molar-refractivity contribution in [2.24, 2.45) is 5.41 Å². The third-order valence-corrected chi connectivity index (χ3v) is 1.52. The molecule has 0 radical (unpaired) electrons. The number of hydrogen-bond donors (Lipinski definition) is 0. The van der Waals surface area contributed by atoms with Gasteiger partial charge < -0.3 is 0 Å². The Morgan fingerprint density at radius 2 is 1.42 bits per heavy atom. The molecule has 0 fully saturated rings. The molecule has 0 unspecified atom stereocenters. The smallest absolute Gasteiger partial charge is 0.0135 e. The molecule has 0 nitrogen and oxygen atoms in total. The van der Waals surface area contributed by atoms with E-state index < -0.39 is 0 Å². The Bertz CT molecular complexity index is 142. The van der Waals surface area contributed by atoms with Crippen LogP contribution < -0.4 is 0 Å². The molecule has 0 bridgehead atoms. The van der Waals surface area contributed by atoms with Gasteiger partial charge in [0.1, 0.15) is 0 Å². The molecule has 0 aliphatic rings. The summed E-state index contributed by atoms with van der Waals surface area (Å²) in [6.45, 7) is 14.8. The van der Waals surface area contributed by atoms with E-state index in [0.717, 1.165) is 0 Å². The summed E-state index contributed by atoms with van der Waals surface area (Å²) in [5.74, 6) is 0. The first-order chi connectivity index (χ1) is 5.52. The van der Waals surface area contributed by atoms with E-state index in [1.807, 2.05) is 13.8 Å². The van der Waals surface area contributed by atoms with E-state index in [2.05, 4.69) is 52.8 Å². The molecule has 0 aliphatic carbocycles. The minimum atomic E-state index is 0.293. The molecule has 0 aromatic rings. The summed E-state index contributed by atoms with van der Waals surface area (Å²) in [7, 11) is 0. The van der Waals surface area contributed by atoms with E-state index in [0.29, 0.717) is 5.41 Å². The van der Waals surface area contributed by atoms with Crippen LogP contribution in [0.4, 0.5) is 0 Å². The van der Waals surface area contributed by atoms with Crippen LogP contribution in [0.2, 0.25) is 0 Å². The molecule has 0 aromatic carbocycles. The van der Waals surface area contributed by atoms with Gasteiger partial charge in [0, 0.05) is 0 Å². The lowest BCUT2D eigenvalue weighted by molar-refractivity contribution is 0.516. The number of allylic oxidation sites excluding steroid dienone is 4. The van der Waals surface area contributed by atoms with Gasteiger partial charge in [0.05, 0.1) is 0 Å². The van der Waals surface area contributed by atoms with Gasteiger partial charge in [0.15, 0.2) is 0 Å². The van der Waals surface area contributed by atoms with Crippen molar-refractivity contribution >= 4 is 0 Å². The summed E-state index contributed by atoms with van der Waals surface area (Å²) in [6, 6.07) is 0. The molecule has 0 amide bonds. The lowest BCUT2D eigenvalue weighted by Gasteiger charge is -2.19. The largest absolute Gasteiger partial charge is 0.0874 e. The zero-order valence-corrected chi connectivity index (χ0v) is 9.73. The van der Waals surface area contributed by atoms with Gasteiger partial charge in [-0.05, 0) is 24.8 Å². The Labute approximate surface area is 78.4 Å². The molecule has 0 saturated heterocycles. The van der Waals surface area contributed by atoms with Gasteiger partial charge in [0.25, 0.3) is 0 Å². The highest BCUT2D eigenvalue weighted by molar-refractivity contribution is 5.23. The topological polar surface area (TPSA) is 0 Å². The molecular formula is C12H24. The SMILES string of the molecule is C/C=C\C(=C/C)C(C)(C)C.CC. The van der Waals surface area contributed by atoms with E-state index >= 15 is 0 Å². The van der Waals surface area contributed by atoms with Crippen LogP contribution in [0.1, 0.15) is 48.5 Å². The molecule has 0 heterocycles. The maximum Gasteiger partial charge on any atom is -0.0135 e. The van der Waals surface area contributed by atoms with Crippen molar-refractivity contribution in [2.75, 3.05) is 0 Å². The minimum absolute atomic E-state index is 0.293. The molecular weight excluding hydrogens is 144 g/mol. The minimum Gasteiger partial charge on any atom is -0.0874 e. The molecule has 0 atom stereocenters. The van der Waals surface area contributed by atoms with Crippen LogP contribution >= 0.6 is 0 Å². The van der Waals surface area contributed by atoms with Gasteiger partial charge in [-0.15, -0.1) is 0 Å². The lowest BCUT2D eigenvalue weighted by Crippen LogP contribution is -2.06. The standard InChI is InChI=1S/C10H18.C2H6/c1-6-8-9(7-2)10(3,4)5;1-2/h6-8H,1-5H3;1-2H3/b8-6-,9-7+;. The maximum absolute atomic E-state index is 2.22. The van der Waals surface area contributed by atoms with E-state index in [9.17, 15) is 0 Å². The maximum atomic E-state index is 2.22. The van der Waals surface area contributed by atoms with Crippen LogP contribution in [0.15, 0.2) is 23.8 Å². The molecule has 12 heavy (non-hydrogen) atoms. The first-order valence-corrected chi connectivity index (χ1v) is 4.82. The van der Waals surface area contributed by atoms with Gasteiger partial charge in [-0.1, -0.05) is 52.8 Å². The summed E-state index contributed by atoms with van der Waals surface area (Å²) >= 11 is 0. The Morgan fingerprint density at radius 1 is 1.00 bits per heavy atom. The molecule has 0 aliphatic heterocycles. The average molecular weight is 168 g/mol. The van der Waals surface area contributed by atoms with Crippen LogP contribution in [0.25, 0.3) is 0 Å². The molecule has 0 heteroatoms. The average Bonchev–Trinajstić information content (AvgIpc) is 2.02. The van der Waals surface area contributed by atoms with Gasteiger partial charge in [-0.3, -0.25) is 0 Å². The third-order valence-electron chi connectivity index (χ3n) is 1.52. The second kappa shape index (κ2) is 7.15. The summed E-state index contributed by atoms with van der Waals surface area (Å²) in [5.41, 5.74) is 1.69. The molecule has 0 N–H and O–H groups in total. The van der Waals surface area contributed by atoms with Crippen LogP contribution in [0, 0.1) is 5.41 Å². The monoisotopic (exact) mass is 168 g/mol. The van der Waals surface area contributed by atoms with E-state index in [4.69, 9.17) is 0 Å². The summed E-state index contributed by atoms with van der Waals surface area (Å²) in [5, 5.41) is 0. The number of hydrogen-bond acceptors (Lipinski definition) is 0. The van der Waals surface area contributed by atoms with Gasteiger partial charge in [-0.25, -0.2) is 0 Å². The van der Waals surface area contributed by atoms with Crippen molar-refractivity contribution in [3.05, 3.63) is 23.8 Å². The molecule has 0 spiro atoms. The fourth-order valence-electron chi connectivity index (χ4n) is 0.959. The summed E-state index contributed by atoms with van der Waals surface area (Å²) in [6.07, 6.45) is 6.42. The van der Waals surface area contributed by atoms with E-state index in [1.165, 1.54) is 5.57 Å². The van der Waals surface area contributed by atoms with Crippen molar-refractivity contribution in [1.29, 1.82) is 0 Å². The van der Waals surface area contributed by atoms with E-state index in [1.54, 1.807) is 0 Å². The van der Waals surface area contributed by atoms with Crippen molar-refractivity contribution in [3.63, 3.8) is 0 Å². The van der Waals surface area contributed by atoms with Crippen LogP contribution in [0.5, 0.6) is 0 Å². The van der Waals surface area contributed by atoms with Crippen molar-refractivity contribution in [3.8, 4) is 0 Å². The highest BCUT2D eigenvalue weighted by atomic mass is 14.2. The van der Waals surface area contributed by atoms with Crippen molar-refractivity contribution in [2.45, 2.75) is 48.5 Å². The quantitative estimate of drug-likeness (QED) is 0.503. The van der Waals surface area contributed by atoms with Crippen molar-refractivity contribution < 1.29 is 0 Å². The highest BCUT2D eigenvalue weighted by Crippen LogP contribution is 2.25. The lowest BCUT2D eigenvalue weighted by atomic mass is 9.86. The zero-order valence-electron chi connectivity index (χ0n) is 9.73. The van der Waals surface area contributed by atoms with Crippen LogP contribution in [-0.2, 0) is 0 Å². The fraction of sp³-hybridized carbons (Fsp3) is 0.667. The summed E-state index contributed by atoms with van der Waals surface area (Å²) in [4.78, 5) is 0. The van der Waals surface area contributed by atoms with Gasteiger partial charge in [-0.2, -0.15) is 0 Å². The Morgan fingerprint density at radius 3 is 1.50 bits per heavy atom. The Kier molecular flexibility index (Phi) is 8.36. The fourth-order valence-corrected chi connectivity index (χ4v) is 0.959. The zero-order chi connectivity index (χ0) is 10.2. The first kappa shape index (κ1) is 14.0. The Balaban J connectivity index is 0. The Hall–Kier alpha value is -0.520. The predicted molar refractivity (Wildman–Crippen MR) is 59.4 cm³/mol. The van der Waals surface area contributed by atoms with Crippen LogP contribution in [0.3, 0.4) is 0 Å². The van der Waals surface area contributed by atoms with Gasteiger partial charge >= 0.3 is 0 Å². The summed E-state index contributed by atoms with van der Waals surface area (Å²) < 4.78 is 0. The molecule has 72 valence electrons. The molecule has 0 rings (SSSR count). The second-order valence-electron chi connectivity index (χ2n) is 3.49. The third kappa shape index (κ3) is 6.21. The van der Waals surface area contributed by atoms with E-state index in [-0.39, 0.29) is 0 Å². The molecule has 0 saturated carbocycles. The highest BCUT2D eigenvalue weighted by Gasteiger charge is 2.12. The van der Waals surface area contributed by atoms with Crippen molar-refractivity contribution in [1.82, 2.24) is 0 Å². The second-order valence-corrected chi connectivity index (χ2v) is 3.49. The predicted octanol–water partition coefficient (Wildman–Crippen LogP) is 4.58. The first-order valence-electron chi connectivity index (χ1n) is 4.82.